The van der Waals surface area contributed by atoms with E-state index in [1.54, 1.807) is 0 Å². The number of unbranched alkanes of at least 4 members (excludes halogenated alkanes) is 5. The number of hydrogen-bond acceptors (Lipinski definition) is 2. The fourth-order valence-electron chi connectivity index (χ4n) is 1.37. The Morgan fingerprint density at radius 1 is 1.07 bits per heavy atom. The first kappa shape index (κ1) is 14.4. The largest absolute Gasteiger partial charge is 0.391 e. The number of allylic oxidation sites excluding steroid dienone is 2. The summed E-state index contributed by atoms with van der Waals surface area (Å²) in [4.78, 5) is 0. The molecule has 0 amide bonds. The molecule has 0 fully saturated rings. The summed E-state index contributed by atoms with van der Waals surface area (Å²) in [6.45, 7) is 4.05. The van der Waals surface area contributed by atoms with Crippen LogP contribution in [0.5, 0.6) is 0 Å². The Morgan fingerprint density at radius 2 is 1.73 bits per heavy atom. The summed E-state index contributed by atoms with van der Waals surface area (Å²) in [7, 11) is 0. The van der Waals surface area contributed by atoms with Gasteiger partial charge in [-0.3, -0.25) is 0 Å². The van der Waals surface area contributed by atoms with E-state index in [2.05, 4.69) is 12.7 Å². The van der Waals surface area contributed by atoms with Gasteiger partial charge in [-0.1, -0.05) is 31.1 Å². The molecule has 0 saturated carbocycles. The SMILES string of the molecule is C=CCCCCCCC=CCC(O)CN. The molecule has 0 aliphatic rings. The molecule has 2 nitrogen and oxygen atoms in total. The lowest BCUT2D eigenvalue weighted by Crippen LogP contribution is -2.18. The maximum atomic E-state index is 9.17. The summed E-state index contributed by atoms with van der Waals surface area (Å²) < 4.78 is 0. The van der Waals surface area contributed by atoms with Gasteiger partial charge in [-0.05, 0) is 32.1 Å². The molecule has 1 unspecified atom stereocenters. The van der Waals surface area contributed by atoms with Crippen molar-refractivity contribution >= 4 is 0 Å². The molecule has 0 radical (unpaired) electrons. The van der Waals surface area contributed by atoms with Crippen molar-refractivity contribution in [2.75, 3.05) is 6.54 Å². The van der Waals surface area contributed by atoms with Gasteiger partial charge in [0.25, 0.3) is 0 Å². The lowest BCUT2D eigenvalue weighted by Gasteiger charge is -2.01. The van der Waals surface area contributed by atoms with Crippen molar-refractivity contribution in [2.24, 2.45) is 5.73 Å². The van der Waals surface area contributed by atoms with E-state index in [0.717, 1.165) is 12.8 Å². The van der Waals surface area contributed by atoms with Crippen LogP contribution in [0.3, 0.4) is 0 Å². The molecule has 88 valence electrons. The molecule has 0 aromatic carbocycles. The van der Waals surface area contributed by atoms with Gasteiger partial charge in [-0.2, -0.15) is 0 Å². The molecule has 15 heavy (non-hydrogen) atoms. The average Bonchev–Trinajstić information content (AvgIpc) is 2.26. The third-order valence-electron chi connectivity index (χ3n) is 2.38. The zero-order valence-corrected chi connectivity index (χ0v) is 9.70. The van der Waals surface area contributed by atoms with Gasteiger partial charge in [0, 0.05) is 6.54 Å². The molecule has 0 aromatic rings. The zero-order chi connectivity index (χ0) is 11.4. The van der Waals surface area contributed by atoms with Crippen LogP contribution in [0.25, 0.3) is 0 Å². The number of nitrogens with two attached hydrogens (primary N) is 1. The zero-order valence-electron chi connectivity index (χ0n) is 9.70. The number of aliphatic hydroxyl groups excluding tert-OH is 1. The second-order valence-corrected chi connectivity index (χ2v) is 3.88. The van der Waals surface area contributed by atoms with E-state index in [-0.39, 0.29) is 6.10 Å². The van der Waals surface area contributed by atoms with Crippen LogP contribution in [0.1, 0.15) is 44.9 Å². The minimum atomic E-state index is -0.367. The summed E-state index contributed by atoms with van der Waals surface area (Å²) >= 11 is 0. The van der Waals surface area contributed by atoms with Gasteiger partial charge in [0.15, 0.2) is 0 Å². The van der Waals surface area contributed by atoms with E-state index >= 15 is 0 Å². The Bertz CT molecular complexity index is 166. The van der Waals surface area contributed by atoms with Crippen molar-refractivity contribution in [2.45, 2.75) is 51.0 Å². The molecule has 0 aliphatic heterocycles. The molecule has 2 heteroatoms. The normalized spacial score (nSPS) is 13.2. The standard InChI is InChI=1S/C13H25NO/c1-2-3-4-5-6-7-8-9-10-11-13(15)12-14/h2,9-10,13,15H,1,3-8,11-12,14H2. The first-order valence-corrected chi connectivity index (χ1v) is 5.95. The Balaban J connectivity index is 3.12. The van der Waals surface area contributed by atoms with Crippen molar-refractivity contribution in [3.63, 3.8) is 0 Å². The van der Waals surface area contributed by atoms with Crippen LogP contribution in [0.4, 0.5) is 0 Å². The van der Waals surface area contributed by atoms with Gasteiger partial charge < -0.3 is 10.8 Å². The molecule has 3 N–H and O–H groups in total. The van der Waals surface area contributed by atoms with E-state index in [4.69, 9.17) is 5.73 Å². The maximum Gasteiger partial charge on any atom is 0.0696 e. The predicted molar refractivity (Wildman–Crippen MR) is 66.7 cm³/mol. The first-order chi connectivity index (χ1) is 7.31. The summed E-state index contributed by atoms with van der Waals surface area (Å²) in [6, 6.07) is 0. The van der Waals surface area contributed by atoms with Crippen molar-refractivity contribution in [3.05, 3.63) is 24.8 Å². The lowest BCUT2D eigenvalue weighted by molar-refractivity contribution is 0.186. The second kappa shape index (κ2) is 11.5. The molecule has 0 rings (SSSR count). The van der Waals surface area contributed by atoms with Crippen LogP contribution in [0, 0.1) is 0 Å². The van der Waals surface area contributed by atoms with Gasteiger partial charge >= 0.3 is 0 Å². The van der Waals surface area contributed by atoms with Crippen LogP contribution >= 0.6 is 0 Å². The minimum Gasteiger partial charge on any atom is -0.391 e. The van der Waals surface area contributed by atoms with E-state index in [1.165, 1.54) is 25.7 Å². The maximum absolute atomic E-state index is 9.17. The fourth-order valence-corrected chi connectivity index (χ4v) is 1.37. The fraction of sp³-hybridized carbons (Fsp3) is 0.692. The van der Waals surface area contributed by atoms with Crippen LogP contribution < -0.4 is 5.73 Å². The van der Waals surface area contributed by atoms with Gasteiger partial charge in [0.1, 0.15) is 0 Å². The van der Waals surface area contributed by atoms with Gasteiger partial charge in [0.05, 0.1) is 6.10 Å². The first-order valence-electron chi connectivity index (χ1n) is 5.95. The van der Waals surface area contributed by atoms with Gasteiger partial charge in [0.2, 0.25) is 0 Å². The summed E-state index contributed by atoms with van der Waals surface area (Å²) in [5, 5.41) is 9.17. The quantitative estimate of drug-likeness (QED) is 0.431. The summed E-state index contributed by atoms with van der Waals surface area (Å²) in [5.41, 5.74) is 5.29. The van der Waals surface area contributed by atoms with Crippen LogP contribution in [0.15, 0.2) is 24.8 Å². The number of aliphatic hydroxyl groups is 1. The third-order valence-corrected chi connectivity index (χ3v) is 2.38. The molecule has 1 atom stereocenters. The van der Waals surface area contributed by atoms with Crippen molar-refractivity contribution in [1.82, 2.24) is 0 Å². The highest BCUT2D eigenvalue weighted by atomic mass is 16.3. The summed E-state index contributed by atoms with van der Waals surface area (Å²) in [5.74, 6) is 0. The molecule has 0 saturated heterocycles. The van der Waals surface area contributed by atoms with Crippen LogP contribution in [-0.2, 0) is 0 Å². The highest BCUT2D eigenvalue weighted by Gasteiger charge is 1.95. The average molecular weight is 211 g/mol. The van der Waals surface area contributed by atoms with Crippen molar-refractivity contribution in [3.8, 4) is 0 Å². The molecule has 0 bridgehead atoms. The van der Waals surface area contributed by atoms with E-state index in [0.29, 0.717) is 13.0 Å². The Kier molecular flexibility index (Phi) is 11.0. The van der Waals surface area contributed by atoms with Gasteiger partial charge in [-0.25, -0.2) is 0 Å². The molecule has 0 aliphatic carbocycles. The Morgan fingerprint density at radius 3 is 2.33 bits per heavy atom. The monoisotopic (exact) mass is 211 g/mol. The second-order valence-electron chi connectivity index (χ2n) is 3.88. The highest BCUT2D eigenvalue weighted by molar-refractivity contribution is 4.84. The van der Waals surface area contributed by atoms with Crippen LogP contribution in [0.2, 0.25) is 0 Å². The smallest absolute Gasteiger partial charge is 0.0696 e. The highest BCUT2D eigenvalue weighted by Crippen LogP contribution is 2.06. The third kappa shape index (κ3) is 11.3. The van der Waals surface area contributed by atoms with E-state index in [9.17, 15) is 5.11 Å². The van der Waals surface area contributed by atoms with E-state index < -0.39 is 0 Å². The minimum absolute atomic E-state index is 0.353. The topological polar surface area (TPSA) is 46.2 Å². The predicted octanol–water partition coefficient (Wildman–Crippen LogP) is 2.78. The molecular formula is C13H25NO. The lowest BCUT2D eigenvalue weighted by atomic mass is 10.1. The Hall–Kier alpha value is -0.600. The molecule has 0 heterocycles. The molecular weight excluding hydrogens is 186 g/mol. The van der Waals surface area contributed by atoms with Crippen molar-refractivity contribution in [1.29, 1.82) is 0 Å². The Labute approximate surface area is 93.9 Å². The van der Waals surface area contributed by atoms with Crippen LogP contribution in [-0.4, -0.2) is 17.8 Å². The molecule has 0 aromatic heterocycles. The summed E-state index contributed by atoms with van der Waals surface area (Å²) in [6.07, 6.45) is 13.8. The van der Waals surface area contributed by atoms with E-state index in [1.807, 2.05) is 12.2 Å². The van der Waals surface area contributed by atoms with Crippen molar-refractivity contribution < 1.29 is 5.11 Å². The number of hydrogen-bond donors (Lipinski definition) is 2. The number of rotatable bonds is 10. The van der Waals surface area contributed by atoms with Gasteiger partial charge in [-0.15, -0.1) is 6.58 Å². The molecule has 0 spiro atoms.